The highest BCUT2D eigenvalue weighted by atomic mass is 16.3. The van der Waals surface area contributed by atoms with E-state index < -0.39 is 0 Å². The van der Waals surface area contributed by atoms with Crippen molar-refractivity contribution in [3.05, 3.63) is 18.4 Å². The summed E-state index contributed by atoms with van der Waals surface area (Å²) in [6.07, 6.45) is 3.85. The van der Waals surface area contributed by atoms with Crippen molar-refractivity contribution < 1.29 is 9.21 Å². The molecule has 1 fully saturated rings. The zero-order valence-electron chi connectivity index (χ0n) is 8.90. The third kappa shape index (κ3) is 2.52. The number of piperidine rings is 1. The van der Waals surface area contributed by atoms with E-state index >= 15 is 0 Å². The van der Waals surface area contributed by atoms with Gasteiger partial charge in [0.15, 0.2) is 0 Å². The molecular weight excluding hydrogens is 192 g/mol. The van der Waals surface area contributed by atoms with Gasteiger partial charge in [0.1, 0.15) is 0 Å². The number of hydrogen-bond acceptors (Lipinski definition) is 2. The maximum absolute atomic E-state index is 11.8. The van der Waals surface area contributed by atoms with Crippen LogP contribution in [0.15, 0.2) is 22.8 Å². The van der Waals surface area contributed by atoms with Gasteiger partial charge in [0.05, 0.1) is 6.26 Å². The van der Waals surface area contributed by atoms with E-state index in [0.717, 1.165) is 19.5 Å². The van der Waals surface area contributed by atoms with Crippen molar-refractivity contribution in [3.8, 4) is 0 Å². The maximum atomic E-state index is 11.8. The molecule has 1 N–H and O–H groups in total. The normalized spacial score (nSPS) is 21.4. The summed E-state index contributed by atoms with van der Waals surface area (Å²) in [5, 5.41) is 2.73. The topological polar surface area (TPSA) is 45.5 Å². The summed E-state index contributed by atoms with van der Waals surface area (Å²) >= 11 is 0. The van der Waals surface area contributed by atoms with E-state index in [2.05, 4.69) is 12.2 Å². The van der Waals surface area contributed by atoms with Crippen LogP contribution in [-0.2, 0) is 0 Å². The summed E-state index contributed by atoms with van der Waals surface area (Å²) < 4.78 is 5.06. The Morgan fingerprint density at radius 2 is 2.53 bits per heavy atom. The van der Waals surface area contributed by atoms with Crippen molar-refractivity contribution >= 4 is 11.9 Å². The summed E-state index contributed by atoms with van der Waals surface area (Å²) in [6.45, 7) is 3.86. The summed E-state index contributed by atoms with van der Waals surface area (Å²) in [7, 11) is 0. The van der Waals surface area contributed by atoms with Crippen LogP contribution in [0.3, 0.4) is 0 Å². The van der Waals surface area contributed by atoms with Crippen LogP contribution in [-0.4, -0.2) is 24.0 Å². The molecule has 82 valence electrons. The summed E-state index contributed by atoms with van der Waals surface area (Å²) in [5.41, 5.74) is 0. The lowest BCUT2D eigenvalue weighted by molar-refractivity contribution is 0.181. The highest BCUT2D eigenvalue weighted by Gasteiger charge is 2.21. The molecule has 0 bridgehead atoms. The van der Waals surface area contributed by atoms with Crippen molar-refractivity contribution in [2.24, 2.45) is 5.92 Å². The van der Waals surface area contributed by atoms with Crippen molar-refractivity contribution in [3.63, 3.8) is 0 Å². The largest absolute Gasteiger partial charge is 0.449 e. The van der Waals surface area contributed by atoms with Gasteiger partial charge in [-0.1, -0.05) is 6.92 Å². The summed E-state index contributed by atoms with van der Waals surface area (Å²) in [5.74, 6) is 1.11. The third-order valence-electron chi connectivity index (χ3n) is 2.70. The fourth-order valence-corrected chi connectivity index (χ4v) is 1.91. The van der Waals surface area contributed by atoms with E-state index in [9.17, 15) is 4.79 Å². The maximum Gasteiger partial charge on any atom is 0.324 e. The van der Waals surface area contributed by atoms with Crippen LogP contribution in [0.25, 0.3) is 0 Å². The van der Waals surface area contributed by atoms with Crippen molar-refractivity contribution in [1.29, 1.82) is 0 Å². The predicted molar refractivity (Wildman–Crippen MR) is 57.7 cm³/mol. The lowest BCUT2D eigenvalue weighted by atomic mass is 10.0. The molecule has 1 aromatic rings. The number of nitrogens with zero attached hydrogens (tertiary/aromatic N) is 1. The first kappa shape index (κ1) is 10.1. The number of carbonyl (C=O) groups excluding carboxylic acids is 1. The second-order valence-electron chi connectivity index (χ2n) is 4.10. The van der Waals surface area contributed by atoms with Crippen LogP contribution in [0, 0.1) is 5.92 Å². The Kier molecular flexibility index (Phi) is 2.94. The van der Waals surface area contributed by atoms with Gasteiger partial charge in [-0.15, -0.1) is 0 Å². The van der Waals surface area contributed by atoms with Gasteiger partial charge in [0.2, 0.25) is 5.88 Å². The molecular formula is C11H16N2O2. The van der Waals surface area contributed by atoms with E-state index in [-0.39, 0.29) is 6.03 Å². The lowest BCUT2D eigenvalue weighted by Gasteiger charge is -2.30. The molecule has 4 heteroatoms. The van der Waals surface area contributed by atoms with Crippen LogP contribution < -0.4 is 5.32 Å². The molecule has 1 aliphatic heterocycles. The second-order valence-corrected chi connectivity index (χ2v) is 4.10. The molecule has 15 heavy (non-hydrogen) atoms. The molecule has 1 unspecified atom stereocenters. The molecule has 2 amide bonds. The predicted octanol–water partition coefficient (Wildman–Crippen LogP) is 2.54. The molecule has 0 aromatic carbocycles. The fourth-order valence-electron chi connectivity index (χ4n) is 1.91. The highest BCUT2D eigenvalue weighted by molar-refractivity contribution is 5.87. The summed E-state index contributed by atoms with van der Waals surface area (Å²) in [6, 6.07) is 3.44. The highest BCUT2D eigenvalue weighted by Crippen LogP contribution is 2.16. The number of hydrogen-bond donors (Lipinski definition) is 1. The van der Waals surface area contributed by atoms with Crippen LogP contribution in [0.2, 0.25) is 0 Å². The first-order chi connectivity index (χ1) is 7.25. The molecule has 0 aliphatic carbocycles. The zero-order valence-corrected chi connectivity index (χ0v) is 8.90. The molecule has 2 heterocycles. The Hall–Kier alpha value is -1.45. The van der Waals surface area contributed by atoms with Gasteiger partial charge in [-0.25, -0.2) is 4.79 Å². The van der Waals surface area contributed by atoms with E-state index in [0.29, 0.717) is 11.8 Å². The minimum atomic E-state index is -0.0588. The Bertz CT molecular complexity index is 321. The molecule has 0 saturated carbocycles. The number of nitrogens with one attached hydrogen (secondary N) is 1. The van der Waals surface area contributed by atoms with Crippen LogP contribution in [0.4, 0.5) is 10.7 Å². The average Bonchev–Trinajstić information content (AvgIpc) is 2.70. The standard InChI is InChI=1S/C11H16N2O2/c1-9-4-2-6-13(8-9)11(14)12-10-5-3-7-15-10/h3,5,7,9H,2,4,6,8H2,1H3,(H,12,14). The molecule has 0 spiro atoms. The van der Waals surface area contributed by atoms with E-state index in [1.165, 1.54) is 6.42 Å². The first-order valence-corrected chi connectivity index (χ1v) is 5.35. The first-order valence-electron chi connectivity index (χ1n) is 5.35. The van der Waals surface area contributed by atoms with E-state index in [1.54, 1.807) is 18.4 Å². The quantitative estimate of drug-likeness (QED) is 0.770. The lowest BCUT2D eigenvalue weighted by Crippen LogP contribution is -2.41. The summed E-state index contributed by atoms with van der Waals surface area (Å²) in [4.78, 5) is 13.6. The molecule has 0 radical (unpaired) electrons. The minimum Gasteiger partial charge on any atom is -0.449 e. The van der Waals surface area contributed by atoms with Crippen LogP contribution in [0.1, 0.15) is 19.8 Å². The second kappa shape index (κ2) is 4.38. The molecule has 4 nitrogen and oxygen atoms in total. The SMILES string of the molecule is CC1CCCN(C(=O)Nc2ccco2)C1. The zero-order chi connectivity index (χ0) is 10.7. The van der Waals surface area contributed by atoms with E-state index in [4.69, 9.17) is 4.42 Å². The molecule has 2 rings (SSSR count). The average molecular weight is 208 g/mol. The van der Waals surface area contributed by atoms with Crippen molar-refractivity contribution in [1.82, 2.24) is 4.90 Å². The van der Waals surface area contributed by atoms with E-state index in [1.807, 2.05) is 4.90 Å². The number of amides is 2. The Morgan fingerprint density at radius 1 is 1.67 bits per heavy atom. The number of urea groups is 1. The number of rotatable bonds is 1. The Labute approximate surface area is 89.2 Å². The number of furan rings is 1. The molecule has 1 aromatic heterocycles. The van der Waals surface area contributed by atoms with Gasteiger partial charge in [-0.05, 0) is 24.8 Å². The van der Waals surface area contributed by atoms with Gasteiger partial charge in [0, 0.05) is 19.2 Å². The Morgan fingerprint density at radius 3 is 3.20 bits per heavy atom. The van der Waals surface area contributed by atoms with Gasteiger partial charge in [-0.3, -0.25) is 5.32 Å². The van der Waals surface area contributed by atoms with Crippen LogP contribution >= 0.6 is 0 Å². The van der Waals surface area contributed by atoms with Gasteiger partial charge in [0.25, 0.3) is 0 Å². The monoisotopic (exact) mass is 208 g/mol. The fraction of sp³-hybridized carbons (Fsp3) is 0.545. The van der Waals surface area contributed by atoms with Crippen molar-refractivity contribution in [2.75, 3.05) is 18.4 Å². The number of anilines is 1. The number of likely N-dealkylation sites (tertiary alicyclic amines) is 1. The van der Waals surface area contributed by atoms with Gasteiger partial charge < -0.3 is 9.32 Å². The van der Waals surface area contributed by atoms with Crippen molar-refractivity contribution in [2.45, 2.75) is 19.8 Å². The molecule has 1 aliphatic rings. The third-order valence-corrected chi connectivity index (χ3v) is 2.70. The van der Waals surface area contributed by atoms with Gasteiger partial charge in [-0.2, -0.15) is 0 Å². The van der Waals surface area contributed by atoms with Gasteiger partial charge >= 0.3 is 6.03 Å². The number of carbonyl (C=O) groups is 1. The Balaban J connectivity index is 1.90. The minimum absolute atomic E-state index is 0.0588. The molecule has 1 saturated heterocycles. The smallest absolute Gasteiger partial charge is 0.324 e. The molecule has 1 atom stereocenters. The van der Waals surface area contributed by atoms with Crippen LogP contribution in [0.5, 0.6) is 0 Å².